The summed E-state index contributed by atoms with van der Waals surface area (Å²) in [5.74, 6) is 4.18. The Kier molecular flexibility index (Phi) is 8.50. The molecule has 28 heavy (non-hydrogen) atoms. The number of hydrogen-bond donors (Lipinski definition) is 0. The highest BCUT2D eigenvalue weighted by Gasteiger charge is 2.31. The zero-order valence-electron chi connectivity index (χ0n) is 16.5. The summed E-state index contributed by atoms with van der Waals surface area (Å²) in [6, 6.07) is 5.96. The summed E-state index contributed by atoms with van der Waals surface area (Å²) >= 11 is 1.41. The minimum atomic E-state index is -4.67. The fourth-order valence-corrected chi connectivity index (χ4v) is 3.66. The maximum atomic E-state index is 12.3. The van der Waals surface area contributed by atoms with E-state index in [1.165, 1.54) is 43.2 Å². The number of allylic oxidation sites excluding steroid dienone is 1. The fraction of sp³-hybridized carbons (Fsp3) is 0.500. The summed E-state index contributed by atoms with van der Waals surface area (Å²) in [4.78, 5) is 4.69. The predicted molar refractivity (Wildman–Crippen MR) is 110 cm³/mol. The Hall–Kier alpha value is -1.87. The van der Waals surface area contributed by atoms with Crippen LogP contribution in [-0.2, 0) is 6.42 Å². The molecule has 0 amide bonds. The lowest BCUT2D eigenvalue weighted by atomic mass is 9.74. The van der Waals surface area contributed by atoms with E-state index in [1.54, 1.807) is 12.1 Å². The maximum Gasteiger partial charge on any atom is 0.573 e. The average molecular weight is 410 g/mol. The van der Waals surface area contributed by atoms with E-state index in [4.69, 9.17) is 4.99 Å². The van der Waals surface area contributed by atoms with E-state index in [0.717, 1.165) is 28.5 Å². The van der Waals surface area contributed by atoms with E-state index in [1.807, 2.05) is 20.1 Å². The molecule has 0 aliphatic heterocycles. The SMILES string of the molecule is CCC#CS/C(N=CC1CC(CC)C1)=C(\C)Cc1ccc(OC(F)(F)F)cc1. The zero-order valence-corrected chi connectivity index (χ0v) is 17.3. The molecule has 152 valence electrons. The lowest BCUT2D eigenvalue weighted by Crippen LogP contribution is -2.23. The zero-order chi connectivity index (χ0) is 20.6. The number of hydrogen-bond acceptors (Lipinski definition) is 3. The molecule has 0 atom stereocenters. The van der Waals surface area contributed by atoms with E-state index >= 15 is 0 Å². The van der Waals surface area contributed by atoms with Crippen LogP contribution in [0.5, 0.6) is 5.75 Å². The first-order chi connectivity index (χ1) is 13.3. The summed E-state index contributed by atoms with van der Waals surface area (Å²) in [5.41, 5.74) is 1.95. The number of benzene rings is 1. The number of halogens is 3. The Labute approximate surface area is 169 Å². The van der Waals surface area contributed by atoms with Crippen molar-refractivity contribution in [3.8, 4) is 16.9 Å². The second kappa shape index (κ2) is 10.6. The first-order valence-electron chi connectivity index (χ1n) is 9.54. The molecule has 0 saturated heterocycles. The average Bonchev–Trinajstić information content (AvgIpc) is 2.59. The highest BCUT2D eigenvalue weighted by molar-refractivity contribution is 8.07. The second-order valence-electron chi connectivity index (χ2n) is 6.97. The van der Waals surface area contributed by atoms with Crippen LogP contribution in [0.15, 0.2) is 39.9 Å². The van der Waals surface area contributed by atoms with Crippen molar-refractivity contribution in [1.82, 2.24) is 0 Å². The number of rotatable bonds is 7. The van der Waals surface area contributed by atoms with E-state index in [-0.39, 0.29) is 5.75 Å². The van der Waals surface area contributed by atoms with Gasteiger partial charge in [0.15, 0.2) is 0 Å². The third-order valence-electron chi connectivity index (χ3n) is 4.64. The standard InChI is InChI=1S/C22H26F3NOS/c1-4-6-11-28-21(26-15-19-13-17(5-2)14-19)16(3)12-18-7-9-20(10-8-18)27-22(23,24)25/h7-10,15,17,19H,4-5,12-14H2,1-3H3/b21-16+,26-15?. The summed E-state index contributed by atoms with van der Waals surface area (Å²) in [6.45, 7) is 6.20. The third kappa shape index (κ3) is 7.63. The minimum absolute atomic E-state index is 0.213. The van der Waals surface area contributed by atoms with Crippen LogP contribution in [0.2, 0.25) is 0 Å². The molecule has 0 radical (unpaired) electrons. The first kappa shape index (κ1) is 22.4. The van der Waals surface area contributed by atoms with E-state index < -0.39 is 6.36 Å². The van der Waals surface area contributed by atoms with Gasteiger partial charge in [0.05, 0.1) is 0 Å². The molecule has 2 nitrogen and oxygen atoms in total. The van der Waals surface area contributed by atoms with Crippen molar-refractivity contribution in [2.24, 2.45) is 16.8 Å². The number of alkyl halides is 3. The van der Waals surface area contributed by atoms with E-state index in [2.05, 4.69) is 22.8 Å². The molecule has 0 heterocycles. The van der Waals surface area contributed by atoms with Crippen molar-refractivity contribution >= 4 is 18.0 Å². The third-order valence-corrected chi connectivity index (χ3v) is 5.53. The van der Waals surface area contributed by atoms with Gasteiger partial charge < -0.3 is 4.74 Å². The van der Waals surface area contributed by atoms with Gasteiger partial charge >= 0.3 is 6.36 Å². The van der Waals surface area contributed by atoms with Crippen molar-refractivity contribution in [3.05, 3.63) is 40.4 Å². The number of nitrogens with zero attached hydrogens (tertiary/aromatic N) is 1. The monoisotopic (exact) mass is 409 g/mol. The normalized spacial score (nSPS) is 20.2. The fourth-order valence-electron chi connectivity index (χ4n) is 2.99. The summed E-state index contributed by atoms with van der Waals surface area (Å²) in [6.07, 6.45) is 2.35. The van der Waals surface area contributed by atoms with Crippen LogP contribution in [0.4, 0.5) is 13.2 Å². The maximum absolute atomic E-state index is 12.3. The minimum Gasteiger partial charge on any atom is -0.406 e. The first-order valence-corrected chi connectivity index (χ1v) is 10.4. The van der Waals surface area contributed by atoms with Crippen molar-refractivity contribution in [1.29, 1.82) is 0 Å². The Morgan fingerprint density at radius 2 is 1.93 bits per heavy atom. The Balaban J connectivity index is 2.07. The second-order valence-corrected chi connectivity index (χ2v) is 7.77. The van der Waals surface area contributed by atoms with Gasteiger partial charge in [-0.2, -0.15) is 0 Å². The molecule has 0 N–H and O–H groups in total. The summed E-state index contributed by atoms with van der Waals surface area (Å²) < 4.78 is 40.7. The van der Waals surface area contributed by atoms with Gasteiger partial charge in [0.1, 0.15) is 10.8 Å². The lowest BCUT2D eigenvalue weighted by Gasteiger charge is -2.31. The molecular weight excluding hydrogens is 383 g/mol. The van der Waals surface area contributed by atoms with Gasteiger partial charge in [0.25, 0.3) is 0 Å². The number of aliphatic imine (C=N–C) groups is 1. The molecule has 6 heteroatoms. The molecule has 1 aromatic rings. The van der Waals surface area contributed by atoms with E-state index in [0.29, 0.717) is 12.3 Å². The molecule has 0 unspecified atom stereocenters. The van der Waals surface area contributed by atoms with Gasteiger partial charge in [-0.25, -0.2) is 0 Å². The Morgan fingerprint density at radius 3 is 2.50 bits per heavy atom. The van der Waals surface area contributed by atoms with Crippen LogP contribution in [-0.4, -0.2) is 12.6 Å². The molecule has 0 aromatic heterocycles. The van der Waals surface area contributed by atoms with Crippen LogP contribution in [0.1, 0.15) is 52.0 Å². The largest absolute Gasteiger partial charge is 0.573 e. The highest BCUT2D eigenvalue weighted by atomic mass is 32.2. The molecule has 1 aliphatic carbocycles. The van der Waals surface area contributed by atoms with Crippen LogP contribution in [0, 0.1) is 23.0 Å². The smallest absolute Gasteiger partial charge is 0.406 e. The van der Waals surface area contributed by atoms with Gasteiger partial charge in [-0.1, -0.05) is 38.3 Å². The lowest BCUT2D eigenvalue weighted by molar-refractivity contribution is -0.274. The van der Waals surface area contributed by atoms with Crippen LogP contribution in [0.25, 0.3) is 0 Å². The van der Waals surface area contributed by atoms with Crippen molar-refractivity contribution in [3.63, 3.8) is 0 Å². The molecule has 1 aromatic carbocycles. The molecular formula is C22H26F3NOS. The van der Waals surface area contributed by atoms with Crippen molar-refractivity contribution < 1.29 is 17.9 Å². The molecule has 1 aliphatic rings. The number of ether oxygens (including phenoxy) is 1. The Morgan fingerprint density at radius 1 is 1.25 bits per heavy atom. The topological polar surface area (TPSA) is 21.6 Å². The summed E-state index contributed by atoms with van der Waals surface area (Å²) in [5, 5.41) is 3.94. The van der Waals surface area contributed by atoms with Gasteiger partial charge in [0, 0.05) is 12.6 Å². The predicted octanol–water partition coefficient (Wildman–Crippen LogP) is 6.97. The molecule has 0 bridgehead atoms. The highest BCUT2D eigenvalue weighted by Crippen LogP contribution is 2.35. The van der Waals surface area contributed by atoms with Crippen LogP contribution < -0.4 is 4.74 Å². The van der Waals surface area contributed by atoms with Crippen molar-refractivity contribution in [2.45, 2.75) is 59.2 Å². The molecule has 1 fully saturated rings. The van der Waals surface area contributed by atoms with Crippen molar-refractivity contribution in [2.75, 3.05) is 0 Å². The summed E-state index contributed by atoms with van der Waals surface area (Å²) in [7, 11) is 0. The van der Waals surface area contributed by atoms with Crippen LogP contribution >= 0.6 is 11.8 Å². The molecule has 2 rings (SSSR count). The number of thioether (sulfide) groups is 1. The van der Waals surface area contributed by atoms with Gasteiger partial charge in [0.2, 0.25) is 0 Å². The quantitative estimate of drug-likeness (QED) is 0.358. The van der Waals surface area contributed by atoms with Gasteiger partial charge in [-0.05, 0) is 78.3 Å². The molecule has 1 saturated carbocycles. The Bertz CT molecular complexity index is 751. The van der Waals surface area contributed by atoms with Crippen LogP contribution in [0.3, 0.4) is 0 Å². The van der Waals surface area contributed by atoms with Gasteiger partial charge in [-0.15, -0.1) is 13.2 Å². The van der Waals surface area contributed by atoms with Gasteiger partial charge in [-0.3, -0.25) is 4.99 Å². The van der Waals surface area contributed by atoms with E-state index in [9.17, 15) is 13.2 Å². The molecule has 0 spiro atoms.